The summed E-state index contributed by atoms with van der Waals surface area (Å²) in [5.74, 6) is -0.259. The molecular weight excluding hydrogens is 255 g/mol. The number of nitrogens with one attached hydrogen (secondary N) is 1. The van der Waals surface area contributed by atoms with E-state index in [1.54, 1.807) is 44.4 Å². The number of halogens is 1. The highest BCUT2D eigenvalue weighted by molar-refractivity contribution is 5.94. The molecule has 0 radical (unpaired) electrons. The van der Waals surface area contributed by atoms with Crippen LogP contribution >= 0.6 is 0 Å². The van der Waals surface area contributed by atoms with Crippen molar-refractivity contribution in [3.05, 3.63) is 65.5 Å². The van der Waals surface area contributed by atoms with Crippen molar-refractivity contribution in [1.29, 1.82) is 0 Å². The summed E-state index contributed by atoms with van der Waals surface area (Å²) in [7, 11) is 3.43. The molecule has 0 saturated heterocycles. The summed E-state index contributed by atoms with van der Waals surface area (Å²) in [6.45, 7) is 0.410. The molecule has 0 aromatic heterocycles. The van der Waals surface area contributed by atoms with E-state index in [4.69, 9.17) is 0 Å². The molecule has 2 aromatic carbocycles. The molecule has 2 aromatic rings. The summed E-state index contributed by atoms with van der Waals surface area (Å²) in [6.07, 6.45) is 0. The van der Waals surface area contributed by atoms with Gasteiger partial charge in [0, 0.05) is 37.5 Å². The first-order chi connectivity index (χ1) is 9.58. The maximum Gasteiger partial charge on any atom is 0.253 e. The van der Waals surface area contributed by atoms with Gasteiger partial charge in [-0.2, -0.15) is 0 Å². The van der Waals surface area contributed by atoms with Crippen LogP contribution in [-0.4, -0.2) is 24.9 Å². The van der Waals surface area contributed by atoms with Crippen LogP contribution in [-0.2, 0) is 6.54 Å². The third-order valence-electron chi connectivity index (χ3n) is 2.98. The highest BCUT2D eigenvalue weighted by atomic mass is 19.1. The zero-order valence-electron chi connectivity index (χ0n) is 11.6. The molecule has 0 saturated carbocycles. The van der Waals surface area contributed by atoms with E-state index in [2.05, 4.69) is 5.32 Å². The monoisotopic (exact) mass is 272 g/mol. The maximum absolute atomic E-state index is 13.5. The second-order valence-corrected chi connectivity index (χ2v) is 4.72. The zero-order valence-corrected chi connectivity index (χ0v) is 11.6. The topological polar surface area (TPSA) is 32.3 Å². The second kappa shape index (κ2) is 6.19. The number of hydrogen-bond acceptors (Lipinski definition) is 2. The van der Waals surface area contributed by atoms with E-state index < -0.39 is 0 Å². The highest BCUT2D eigenvalue weighted by Crippen LogP contribution is 2.13. The molecule has 20 heavy (non-hydrogen) atoms. The van der Waals surface area contributed by atoms with Crippen LogP contribution in [0.25, 0.3) is 0 Å². The Balaban J connectivity index is 2.01. The van der Waals surface area contributed by atoms with Crippen molar-refractivity contribution in [2.24, 2.45) is 0 Å². The summed E-state index contributed by atoms with van der Waals surface area (Å²) < 4.78 is 13.5. The molecule has 0 atom stereocenters. The number of anilines is 1. The number of carbonyl (C=O) groups excluding carboxylic acids is 1. The first kappa shape index (κ1) is 14.1. The fourth-order valence-electron chi connectivity index (χ4n) is 1.83. The molecule has 0 aliphatic carbocycles. The number of benzene rings is 2. The average molecular weight is 272 g/mol. The lowest BCUT2D eigenvalue weighted by Crippen LogP contribution is -2.21. The SMILES string of the molecule is CN(C)C(=O)c1ccc(NCc2ccccc2F)cc1. The molecule has 0 aliphatic rings. The lowest BCUT2D eigenvalue weighted by molar-refractivity contribution is 0.0827. The van der Waals surface area contributed by atoms with Gasteiger partial charge in [0.25, 0.3) is 5.91 Å². The molecular formula is C16H17FN2O. The maximum atomic E-state index is 13.5. The number of rotatable bonds is 4. The number of nitrogens with zero attached hydrogens (tertiary/aromatic N) is 1. The highest BCUT2D eigenvalue weighted by Gasteiger charge is 2.07. The van der Waals surface area contributed by atoms with Crippen molar-refractivity contribution in [2.45, 2.75) is 6.54 Å². The van der Waals surface area contributed by atoms with Crippen LogP contribution < -0.4 is 5.32 Å². The van der Waals surface area contributed by atoms with Crippen LogP contribution in [0.2, 0.25) is 0 Å². The molecule has 1 amide bonds. The molecule has 0 aliphatic heterocycles. The Morgan fingerprint density at radius 2 is 1.75 bits per heavy atom. The van der Waals surface area contributed by atoms with Gasteiger partial charge in [-0.3, -0.25) is 4.79 Å². The van der Waals surface area contributed by atoms with Gasteiger partial charge < -0.3 is 10.2 Å². The van der Waals surface area contributed by atoms with Gasteiger partial charge in [0.2, 0.25) is 0 Å². The Hall–Kier alpha value is -2.36. The number of hydrogen-bond donors (Lipinski definition) is 1. The first-order valence-corrected chi connectivity index (χ1v) is 6.37. The van der Waals surface area contributed by atoms with Crippen molar-refractivity contribution in [3.8, 4) is 0 Å². The van der Waals surface area contributed by atoms with E-state index in [1.807, 2.05) is 12.1 Å². The van der Waals surface area contributed by atoms with E-state index in [-0.39, 0.29) is 11.7 Å². The van der Waals surface area contributed by atoms with Crippen LogP contribution in [0, 0.1) is 5.82 Å². The summed E-state index contributed by atoms with van der Waals surface area (Å²) in [6, 6.07) is 13.8. The fourth-order valence-corrected chi connectivity index (χ4v) is 1.83. The van der Waals surface area contributed by atoms with Crippen LogP contribution in [0.4, 0.5) is 10.1 Å². The largest absolute Gasteiger partial charge is 0.381 e. The molecule has 0 heterocycles. The Bertz CT molecular complexity index is 594. The van der Waals surface area contributed by atoms with Gasteiger partial charge in [-0.05, 0) is 30.3 Å². The molecule has 0 unspecified atom stereocenters. The zero-order chi connectivity index (χ0) is 14.5. The lowest BCUT2D eigenvalue weighted by atomic mass is 10.1. The molecule has 0 bridgehead atoms. The molecule has 3 nitrogen and oxygen atoms in total. The van der Waals surface area contributed by atoms with Crippen molar-refractivity contribution >= 4 is 11.6 Å². The van der Waals surface area contributed by atoms with Crippen LogP contribution in [0.15, 0.2) is 48.5 Å². The van der Waals surface area contributed by atoms with Gasteiger partial charge >= 0.3 is 0 Å². The average Bonchev–Trinajstić information content (AvgIpc) is 2.46. The predicted octanol–water partition coefficient (Wildman–Crippen LogP) is 3.14. The van der Waals surface area contributed by atoms with E-state index in [0.717, 1.165) is 5.69 Å². The molecule has 4 heteroatoms. The van der Waals surface area contributed by atoms with Gasteiger partial charge in [-0.15, -0.1) is 0 Å². The van der Waals surface area contributed by atoms with E-state index in [0.29, 0.717) is 17.7 Å². The van der Waals surface area contributed by atoms with Crippen LogP contribution in [0.1, 0.15) is 15.9 Å². The summed E-state index contributed by atoms with van der Waals surface area (Å²) in [5, 5.41) is 3.13. The van der Waals surface area contributed by atoms with Crippen molar-refractivity contribution in [2.75, 3.05) is 19.4 Å². The van der Waals surface area contributed by atoms with Gasteiger partial charge in [0.15, 0.2) is 0 Å². The minimum Gasteiger partial charge on any atom is -0.381 e. The minimum absolute atomic E-state index is 0.0364. The van der Waals surface area contributed by atoms with E-state index in [1.165, 1.54) is 11.0 Å². The summed E-state index contributed by atoms with van der Waals surface area (Å²) >= 11 is 0. The predicted molar refractivity (Wildman–Crippen MR) is 78.2 cm³/mol. The van der Waals surface area contributed by atoms with E-state index >= 15 is 0 Å². The second-order valence-electron chi connectivity index (χ2n) is 4.72. The van der Waals surface area contributed by atoms with Crippen LogP contribution in [0.5, 0.6) is 0 Å². The third-order valence-corrected chi connectivity index (χ3v) is 2.98. The smallest absolute Gasteiger partial charge is 0.253 e. The van der Waals surface area contributed by atoms with Crippen molar-refractivity contribution in [3.63, 3.8) is 0 Å². The molecule has 0 fully saturated rings. The first-order valence-electron chi connectivity index (χ1n) is 6.37. The number of carbonyl (C=O) groups is 1. The summed E-state index contributed by atoms with van der Waals surface area (Å²) in [5.41, 5.74) is 2.09. The van der Waals surface area contributed by atoms with Gasteiger partial charge in [0.05, 0.1) is 0 Å². The van der Waals surface area contributed by atoms with Crippen molar-refractivity contribution in [1.82, 2.24) is 4.90 Å². The van der Waals surface area contributed by atoms with Crippen molar-refractivity contribution < 1.29 is 9.18 Å². The molecule has 1 N–H and O–H groups in total. The summed E-state index contributed by atoms with van der Waals surface area (Å²) in [4.78, 5) is 13.3. The van der Waals surface area contributed by atoms with Gasteiger partial charge in [-0.25, -0.2) is 4.39 Å². The third kappa shape index (κ3) is 3.35. The Morgan fingerprint density at radius 1 is 1.10 bits per heavy atom. The normalized spacial score (nSPS) is 10.2. The Labute approximate surface area is 118 Å². The van der Waals surface area contributed by atoms with Crippen LogP contribution in [0.3, 0.4) is 0 Å². The minimum atomic E-state index is -0.223. The Kier molecular flexibility index (Phi) is 4.35. The van der Waals surface area contributed by atoms with Gasteiger partial charge in [0.1, 0.15) is 5.82 Å². The number of amides is 1. The molecule has 0 spiro atoms. The quantitative estimate of drug-likeness (QED) is 0.927. The van der Waals surface area contributed by atoms with Gasteiger partial charge in [-0.1, -0.05) is 18.2 Å². The van der Waals surface area contributed by atoms with E-state index in [9.17, 15) is 9.18 Å². The fraction of sp³-hybridized carbons (Fsp3) is 0.188. The molecule has 2 rings (SSSR count). The molecule has 104 valence electrons. The standard InChI is InChI=1S/C16H17FN2O/c1-19(2)16(20)12-7-9-14(10-8-12)18-11-13-5-3-4-6-15(13)17/h3-10,18H,11H2,1-2H3. The Morgan fingerprint density at radius 3 is 2.35 bits per heavy atom. The lowest BCUT2D eigenvalue weighted by Gasteiger charge is -2.11.